The maximum absolute atomic E-state index is 11.3. The highest BCUT2D eigenvalue weighted by Crippen LogP contribution is 2.40. The number of nitrogen functional groups attached to an aromatic ring is 1. The molecule has 0 unspecified atom stereocenters. The number of carbonyl (C=O) groups is 1. The Hall–Kier alpha value is -2.85. The highest BCUT2D eigenvalue weighted by atomic mass is 79.9. The SMILES string of the molecule is Nc1c(Br)c(C2CCC(C(=O)O)CC2)nc2c(-c3ccc(-c4cscn4)nc3)cnn12. The number of pyridine rings is 1. The molecule has 0 saturated heterocycles. The molecule has 0 bridgehead atoms. The Morgan fingerprint density at radius 3 is 2.61 bits per heavy atom. The number of halogens is 1. The monoisotopic (exact) mass is 498 g/mol. The topological polar surface area (TPSA) is 119 Å². The Balaban J connectivity index is 1.52. The molecule has 8 nitrogen and oxygen atoms in total. The van der Waals surface area contributed by atoms with Gasteiger partial charge in [0.25, 0.3) is 0 Å². The number of nitrogens with two attached hydrogens (primary N) is 1. The summed E-state index contributed by atoms with van der Waals surface area (Å²) < 4.78 is 2.35. The van der Waals surface area contributed by atoms with Crippen LogP contribution in [0.3, 0.4) is 0 Å². The molecule has 0 spiro atoms. The molecule has 3 N–H and O–H groups in total. The van der Waals surface area contributed by atoms with Gasteiger partial charge in [0.2, 0.25) is 0 Å². The standard InChI is InChI=1S/C21H19BrN6O2S/c22-17-18(11-1-3-12(4-2-11)21(29)30)27-20-14(8-26-28(20)19(17)23)13-5-6-15(24-7-13)16-9-31-10-25-16/h5-12H,1-4,23H2,(H,29,30). The van der Waals surface area contributed by atoms with Gasteiger partial charge in [0.15, 0.2) is 5.65 Å². The minimum absolute atomic E-state index is 0.158. The maximum atomic E-state index is 11.3. The third-order valence-corrected chi connectivity index (χ3v) is 7.28. The van der Waals surface area contributed by atoms with Crippen LogP contribution in [0.2, 0.25) is 0 Å². The lowest BCUT2D eigenvalue weighted by molar-refractivity contribution is -0.142. The lowest BCUT2D eigenvalue weighted by atomic mass is 9.80. The average molecular weight is 499 g/mol. The zero-order valence-corrected chi connectivity index (χ0v) is 18.8. The lowest BCUT2D eigenvalue weighted by Gasteiger charge is -2.26. The van der Waals surface area contributed by atoms with Crippen LogP contribution in [0.4, 0.5) is 5.82 Å². The van der Waals surface area contributed by atoms with Gasteiger partial charge in [-0.15, -0.1) is 11.3 Å². The van der Waals surface area contributed by atoms with E-state index in [9.17, 15) is 9.90 Å². The Morgan fingerprint density at radius 2 is 1.97 bits per heavy atom. The molecule has 4 aromatic heterocycles. The summed E-state index contributed by atoms with van der Waals surface area (Å²) in [5.74, 6) is -0.347. The minimum atomic E-state index is -0.716. The fourth-order valence-corrected chi connectivity index (χ4v) is 5.27. The number of fused-ring (bicyclic) bond motifs is 1. The molecule has 0 aliphatic heterocycles. The van der Waals surface area contributed by atoms with Gasteiger partial charge in [0.05, 0.1) is 39.2 Å². The van der Waals surface area contributed by atoms with E-state index in [1.54, 1.807) is 22.4 Å². The van der Waals surface area contributed by atoms with E-state index in [1.807, 2.05) is 17.5 Å². The van der Waals surface area contributed by atoms with Crippen molar-refractivity contribution < 1.29 is 9.90 Å². The number of aromatic nitrogens is 5. The molecule has 1 fully saturated rings. The van der Waals surface area contributed by atoms with Crippen LogP contribution in [0, 0.1) is 5.92 Å². The molecular formula is C21H19BrN6O2S. The largest absolute Gasteiger partial charge is 0.481 e. The van der Waals surface area contributed by atoms with Crippen LogP contribution in [-0.2, 0) is 4.79 Å². The number of anilines is 1. The molecule has 4 aromatic rings. The lowest BCUT2D eigenvalue weighted by Crippen LogP contribution is -2.21. The molecule has 1 aliphatic rings. The van der Waals surface area contributed by atoms with Gasteiger partial charge >= 0.3 is 5.97 Å². The Morgan fingerprint density at radius 1 is 1.16 bits per heavy atom. The van der Waals surface area contributed by atoms with E-state index in [2.05, 4.69) is 31.0 Å². The number of rotatable bonds is 4. The molecule has 0 radical (unpaired) electrons. The second-order valence-electron chi connectivity index (χ2n) is 7.68. The van der Waals surface area contributed by atoms with E-state index in [0.29, 0.717) is 24.3 Å². The number of aliphatic carboxylic acids is 1. The van der Waals surface area contributed by atoms with Crippen molar-refractivity contribution >= 4 is 44.7 Å². The molecule has 158 valence electrons. The van der Waals surface area contributed by atoms with Crippen LogP contribution in [0.5, 0.6) is 0 Å². The Kier molecular flexibility index (Phi) is 5.19. The van der Waals surface area contributed by atoms with Crippen LogP contribution in [0.1, 0.15) is 37.3 Å². The van der Waals surface area contributed by atoms with Crippen LogP contribution in [0.25, 0.3) is 28.2 Å². The Bertz CT molecular complexity index is 1250. The van der Waals surface area contributed by atoms with Crippen LogP contribution >= 0.6 is 27.3 Å². The molecule has 0 amide bonds. The van der Waals surface area contributed by atoms with Gasteiger partial charge in [-0.2, -0.15) is 9.61 Å². The molecule has 0 atom stereocenters. The first-order valence-electron chi connectivity index (χ1n) is 9.93. The first kappa shape index (κ1) is 20.1. The van der Waals surface area contributed by atoms with Crippen molar-refractivity contribution in [3.8, 4) is 22.5 Å². The summed E-state index contributed by atoms with van der Waals surface area (Å²) >= 11 is 5.13. The smallest absolute Gasteiger partial charge is 0.306 e. The average Bonchev–Trinajstić information content (AvgIpc) is 3.47. The van der Waals surface area contributed by atoms with Crippen molar-refractivity contribution in [2.75, 3.05) is 5.73 Å². The van der Waals surface area contributed by atoms with E-state index in [4.69, 9.17) is 10.7 Å². The zero-order chi connectivity index (χ0) is 21.5. The summed E-state index contributed by atoms with van der Waals surface area (Å²) in [5.41, 5.74) is 13.1. The van der Waals surface area contributed by atoms with Gasteiger partial charge < -0.3 is 10.8 Å². The normalized spacial score (nSPS) is 19.0. The van der Waals surface area contributed by atoms with Crippen molar-refractivity contribution in [3.63, 3.8) is 0 Å². The predicted molar refractivity (Wildman–Crippen MR) is 122 cm³/mol. The van der Waals surface area contributed by atoms with Crippen LogP contribution < -0.4 is 5.73 Å². The van der Waals surface area contributed by atoms with E-state index < -0.39 is 5.97 Å². The molecule has 4 heterocycles. The Labute approximate surface area is 190 Å². The first-order valence-corrected chi connectivity index (χ1v) is 11.7. The molecule has 31 heavy (non-hydrogen) atoms. The van der Waals surface area contributed by atoms with Crippen molar-refractivity contribution in [2.24, 2.45) is 5.92 Å². The van der Waals surface area contributed by atoms with E-state index >= 15 is 0 Å². The molecule has 1 saturated carbocycles. The summed E-state index contributed by atoms with van der Waals surface area (Å²) in [6, 6.07) is 3.92. The van der Waals surface area contributed by atoms with Crippen molar-refractivity contribution in [2.45, 2.75) is 31.6 Å². The number of thiazole rings is 1. The van der Waals surface area contributed by atoms with E-state index in [1.165, 1.54) is 11.3 Å². The third-order valence-electron chi connectivity index (χ3n) is 5.88. The van der Waals surface area contributed by atoms with Gasteiger partial charge in [-0.1, -0.05) is 6.07 Å². The zero-order valence-electron chi connectivity index (χ0n) is 16.4. The fourth-order valence-electron chi connectivity index (χ4n) is 4.14. The minimum Gasteiger partial charge on any atom is -0.481 e. The number of hydrogen-bond acceptors (Lipinski definition) is 7. The number of nitrogens with zero attached hydrogens (tertiary/aromatic N) is 5. The first-order chi connectivity index (χ1) is 15.0. The quantitative estimate of drug-likeness (QED) is 0.421. The van der Waals surface area contributed by atoms with Crippen molar-refractivity contribution in [3.05, 3.63) is 45.6 Å². The molecule has 5 rings (SSSR count). The predicted octanol–water partition coefficient (Wildman–Crippen LogP) is 4.62. The van der Waals surface area contributed by atoms with Gasteiger partial charge in [-0.05, 0) is 47.7 Å². The molecule has 0 aromatic carbocycles. The van der Waals surface area contributed by atoms with Gasteiger partial charge in [-0.25, -0.2) is 9.97 Å². The van der Waals surface area contributed by atoms with E-state index in [0.717, 1.165) is 45.5 Å². The molecular weight excluding hydrogens is 480 g/mol. The second-order valence-corrected chi connectivity index (χ2v) is 9.19. The highest BCUT2D eigenvalue weighted by Gasteiger charge is 2.30. The summed E-state index contributed by atoms with van der Waals surface area (Å²) in [5, 5.41) is 15.7. The van der Waals surface area contributed by atoms with Crippen molar-refractivity contribution in [1.82, 2.24) is 24.6 Å². The van der Waals surface area contributed by atoms with Crippen LogP contribution in [-0.4, -0.2) is 35.6 Å². The van der Waals surface area contributed by atoms with Crippen LogP contribution in [0.15, 0.2) is 39.9 Å². The fraction of sp³-hybridized carbons (Fsp3) is 0.286. The number of hydrogen-bond donors (Lipinski definition) is 2. The van der Waals surface area contributed by atoms with Crippen molar-refractivity contribution in [1.29, 1.82) is 0 Å². The van der Waals surface area contributed by atoms with Gasteiger partial charge in [0, 0.05) is 28.6 Å². The van der Waals surface area contributed by atoms with E-state index in [-0.39, 0.29) is 11.8 Å². The summed E-state index contributed by atoms with van der Waals surface area (Å²) in [6.07, 6.45) is 6.37. The van der Waals surface area contributed by atoms with Gasteiger partial charge in [-0.3, -0.25) is 9.78 Å². The second kappa shape index (κ2) is 8.01. The number of carboxylic acid groups (broad SMARTS) is 1. The summed E-state index contributed by atoms with van der Waals surface area (Å²) in [6.45, 7) is 0. The maximum Gasteiger partial charge on any atom is 0.306 e. The third kappa shape index (κ3) is 3.59. The summed E-state index contributed by atoms with van der Waals surface area (Å²) in [4.78, 5) is 25.1. The number of carboxylic acids is 1. The summed E-state index contributed by atoms with van der Waals surface area (Å²) in [7, 11) is 0. The molecule has 10 heteroatoms. The molecule has 1 aliphatic carbocycles. The van der Waals surface area contributed by atoms with Gasteiger partial charge in [0.1, 0.15) is 5.82 Å². The highest BCUT2D eigenvalue weighted by molar-refractivity contribution is 9.10.